The highest BCUT2D eigenvalue weighted by molar-refractivity contribution is 14.1. The number of hydrogen-bond acceptors (Lipinski definition) is 5. The fourth-order valence-corrected chi connectivity index (χ4v) is 2.55. The molecule has 0 aliphatic carbocycles. The molecular formula is C10H6ClIN4O3. The van der Waals surface area contributed by atoms with Crippen LogP contribution in [-0.4, -0.2) is 28.7 Å². The van der Waals surface area contributed by atoms with Crippen LogP contribution in [-0.2, 0) is 4.79 Å². The number of nitrogens with one attached hydrogen (secondary N) is 1. The Balaban J connectivity index is 2.12. The van der Waals surface area contributed by atoms with Crippen LogP contribution in [0.4, 0.5) is 10.6 Å². The molecule has 3 rings (SSSR count). The number of carbonyl (C=O) groups is 2. The van der Waals surface area contributed by atoms with E-state index >= 15 is 0 Å². The van der Waals surface area contributed by atoms with Crippen LogP contribution in [0.5, 0.6) is 0 Å². The van der Waals surface area contributed by atoms with Crippen molar-refractivity contribution in [2.24, 2.45) is 0 Å². The molecule has 1 fully saturated rings. The molecule has 2 aromatic rings. The first-order chi connectivity index (χ1) is 9.06. The van der Waals surface area contributed by atoms with E-state index in [9.17, 15) is 9.59 Å². The Morgan fingerprint density at radius 1 is 1.42 bits per heavy atom. The zero-order valence-corrected chi connectivity index (χ0v) is 12.2. The van der Waals surface area contributed by atoms with Gasteiger partial charge in [0.15, 0.2) is 20.3 Å². The van der Waals surface area contributed by atoms with E-state index in [1.54, 1.807) is 6.07 Å². The minimum atomic E-state index is -0.523. The molecule has 0 spiro atoms. The van der Waals surface area contributed by atoms with E-state index in [-0.39, 0.29) is 24.0 Å². The minimum Gasteiger partial charge on any atom is -0.447 e. The van der Waals surface area contributed by atoms with Crippen LogP contribution in [0.1, 0.15) is 6.42 Å². The number of furan rings is 1. The predicted octanol–water partition coefficient (Wildman–Crippen LogP) is 1.93. The number of hydrogen-bond donors (Lipinski definition) is 1. The lowest BCUT2D eigenvalue weighted by Gasteiger charge is -2.25. The summed E-state index contributed by atoms with van der Waals surface area (Å²) >= 11 is 7.89. The van der Waals surface area contributed by atoms with Gasteiger partial charge in [0.2, 0.25) is 5.91 Å². The van der Waals surface area contributed by atoms with E-state index in [2.05, 4.69) is 15.5 Å². The number of nitrogens with zero attached hydrogens (tertiary/aromatic N) is 3. The first-order valence-corrected chi connectivity index (χ1v) is 6.74. The lowest BCUT2D eigenvalue weighted by molar-refractivity contribution is -0.120. The molecule has 0 unspecified atom stereocenters. The van der Waals surface area contributed by atoms with Crippen molar-refractivity contribution in [2.75, 3.05) is 11.4 Å². The zero-order chi connectivity index (χ0) is 13.6. The van der Waals surface area contributed by atoms with Crippen LogP contribution in [0.15, 0.2) is 10.5 Å². The zero-order valence-electron chi connectivity index (χ0n) is 9.31. The van der Waals surface area contributed by atoms with Crippen LogP contribution in [0.25, 0.3) is 11.0 Å². The number of aromatic nitrogens is 2. The molecule has 3 amide bonds. The highest BCUT2D eigenvalue weighted by atomic mass is 127. The molecule has 0 saturated carbocycles. The lowest BCUT2D eigenvalue weighted by atomic mass is 10.2. The number of fused-ring (bicyclic) bond motifs is 1. The van der Waals surface area contributed by atoms with Gasteiger partial charge in [-0.2, -0.15) is 0 Å². The maximum Gasteiger partial charge on any atom is 0.329 e. The van der Waals surface area contributed by atoms with E-state index in [1.165, 1.54) is 4.90 Å². The number of urea groups is 1. The van der Waals surface area contributed by atoms with Gasteiger partial charge in [-0.3, -0.25) is 15.0 Å². The van der Waals surface area contributed by atoms with Crippen molar-refractivity contribution >= 4 is 62.9 Å². The minimum absolute atomic E-state index is 0.134. The van der Waals surface area contributed by atoms with Gasteiger partial charge >= 0.3 is 6.03 Å². The second kappa shape index (κ2) is 4.60. The molecule has 0 radical (unpaired) electrons. The number of imide groups is 1. The number of carbonyl (C=O) groups excluding carboxylic acids is 2. The summed E-state index contributed by atoms with van der Waals surface area (Å²) in [4.78, 5) is 24.3. The summed E-state index contributed by atoms with van der Waals surface area (Å²) in [6.45, 7) is 0.248. The molecule has 1 aliphatic rings. The van der Waals surface area contributed by atoms with Crippen LogP contribution in [0, 0.1) is 3.77 Å². The fraction of sp³-hybridized carbons (Fsp3) is 0.200. The van der Waals surface area contributed by atoms with Gasteiger partial charge in [-0.1, -0.05) is 11.6 Å². The lowest BCUT2D eigenvalue weighted by Crippen LogP contribution is -2.50. The average Bonchev–Trinajstić information content (AvgIpc) is 2.73. The van der Waals surface area contributed by atoms with Gasteiger partial charge in [-0.15, -0.1) is 10.2 Å². The van der Waals surface area contributed by atoms with Crippen molar-refractivity contribution in [1.82, 2.24) is 15.5 Å². The van der Waals surface area contributed by atoms with Crippen molar-refractivity contribution in [3.05, 3.63) is 15.0 Å². The number of anilines is 1. The Morgan fingerprint density at radius 2 is 2.21 bits per heavy atom. The summed E-state index contributed by atoms with van der Waals surface area (Å²) in [5.74, 6) is 0.0252. The molecule has 0 atom stereocenters. The van der Waals surface area contributed by atoms with E-state index in [1.807, 2.05) is 22.6 Å². The molecule has 19 heavy (non-hydrogen) atoms. The third-order valence-corrected chi connectivity index (χ3v) is 3.45. The van der Waals surface area contributed by atoms with Crippen molar-refractivity contribution < 1.29 is 14.0 Å². The van der Waals surface area contributed by atoms with Gasteiger partial charge in [0.1, 0.15) is 0 Å². The Kier molecular flexibility index (Phi) is 3.05. The maximum atomic E-state index is 11.8. The molecule has 9 heteroatoms. The first kappa shape index (κ1) is 12.6. The molecule has 3 heterocycles. The van der Waals surface area contributed by atoms with Crippen molar-refractivity contribution in [2.45, 2.75) is 6.42 Å². The van der Waals surface area contributed by atoms with Gasteiger partial charge in [-0.25, -0.2) is 4.79 Å². The summed E-state index contributed by atoms with van der Waals surface area (Å²) in [5, 5.41) is 10.6. The van der Waals surface area contributed by atoms with E-state index < -0.39 is 6.03 Å². The molecule has 98 valence electrons. The van der Waals surface area contributed by atoms with Gasteiger partial charge in [-0.05, 0) is 22.6 Å². The third kappa shape index (κ3) is 2.14. The second-order valence-corrected chi connectivity index (χ2v) is 5.28. The van der Waals surface area contributed by atoms with Gasteiger partial charge in [0, 0.05) is 19.0 Å². The average molecular weight is 393 g/mol. The SMILES string of the molecule is O=C1CCN(c2nnc(Cl)c3oc(I)cc23)C(=O)N1. The fourth-order valence-electron chi connectivity index (χ4n) is 1.84. The molecule has 7 nitrogen and oxygen atoms in total. The van der Waals surface area contributed by atoms with Crippen LogP contribution in [0.3, 0.4) is 0 Å². The molecule has 1 aliphatic heterocycles. The second-order valence-electron chi connectivity index (χ2n) is 3.86. The first-order valence-electron chi connectivity index (χ1n) is 5.29. The number of rotatable bonds is 1. The largest absolute Gasteiger partial charge is 0.447 e. The quantitative estimate of drug-likeness (QED) is 0.749. The summed E-state index contributed by atoms with van der Waals surface area (Å²) in [7, 11) is 0. The Bertz CT molecular complexity index is 701. The van der Waals surface area contributed by atoms with Crippen LogP contribution in [0.2, 0.25) is 5.15 Å². The molecule has 0 aromatic carbocycles. The molecular weight excluding hydrogens is 386 g/mol. The Hall–Kier alpha value is -1.42. The smallest absolute Gasteiger partial charge is 0.329 e. The summed E-state index contributed by atoms with van der Waals surface area (Å²) in [6, 6.07) is 1.19. The molecule has 1 saturated heterocycles. The highest BCUT2D eigenvalue weighted by Crippen LogP contribution is 2.32. The summed E-state index contributed by atoms with van der Waals surface area (Å²) in [5.41, 5.74) is 0.376. The molecule has 2 aromatic heterocycles. The molecule has 1 N–H and O–H groups in total. The standard InChI is InChI=1S/C10H6ClIN4O3/c11-8-7-4(3-5(12)19-7)9(15-14-8)16-2-1-6(17)13-10(16)18/h3H,1-2H2,(H,13,17,18). The van der Waals surface area contributed by atoms with E-state index in [0.717, 1.165) is 0 Å². The van der Waals surface area contributed by atoms with Gasteiger partial charge in [0.05, 0.1) is 5.39 Å². The monoisotopic (exact) mass is 392 g/mol. The molecule has 0 bridgehead atoms. The highest BCUT2D eigenvalue weighted by Gasteiger charge is 2.28. The van der Waals surface area contributed by atoms with E-state index in [0.29, 0.717) is 20.6 Å². The maximum absolute atomic E-state index is 11.8. The predicted molar refractivity (Wildman–Crippen MR) is 75.0 cm³/mol. The van der Waals surface area contributed by atoms with Crippen LogP contribution < -0.4 is 10.2 Å². The van der Waals surface area contributed by atoms with Crippen molar-refractivity contribution in [1.29, 1.82) is 0 Å². The van der Waals surface area contributed by atoms with Gasteiger partial charge < -0.3 is 4.42 Å². The third-order valence-electron chi connectivity index (χ3n) is 2.67. The summed E-state index contributed by atoms with van der Waals surface area (Å²) < 4.78 is 6.02. The number of halogens is 2. The number of amides is 3. The van der Waals surface area contributed by atoms with E-state index in [4.69, 9.17) is 16.0 Å². The Labute approximate surface area is 125 Å². The summed E-state index contributed by atoms with van der Waals surface area (Å²) in [6.07, 6.45) is 0.215. The van der Waals surface area contributed by atoms with Crippen molar-refractivity contribution in [3.8, 4) is 0 Å². The van der Waals surface area contributed by atoms with Crippen LogP contribution >= 0.6 is 34.2 Å². The van der Waals surface area contributed by atoms with Gasteiger partial charge in [0.25, 0.3) is 0 Å². The normalized spacial score (nSPS) is 16.0. The van der Waals surface area contributed by atoms with Crippen molar-refractivity contribution in [3.63, 3.8) is 0 Å². The topological polar surface area (TPSA) is 88.3 Å². The Morgan fingerprint density at radius 3 is 2.95 bits per heavy atom.